The Labute approximate surface area is 413 Å². The van der Waals surface area contributed by atoms with E-state index in [9.17, 15) is 46.2 Å². The Balaban J connectivity index is 0.000000296. The number of benzene rings is 4. The van der Waals surface area contributed by atoms with Gasteiger partial charge in [0.25, 0.3) is 21.7 Å². The van der Waals surface area contributed by atoms with Gasteiger partial charge in [-0.2, -0.15) is 0 Å². The molecule has 0 saturated heterocycles. The van der Waals surface area contributed by atoms with Crippen molar-refractivity contribution in [2.75, 3.05) is 49.5 Å². The van der Waals surface area contributed by atoms with Crippen LogP contribution in [-0.4, -0.2) is 63.8 Å². The van der Waals surface area contributed by atoms with E-state index < -0.39 is 63.1 Å². The molecule has 0 aliphatic rings. The SMILES string of the molecule is C.CCC(C)(C)C(Nc1c(Nc2ccc(Cl)c(S(=O)(=O)N(C)C)c2O)c(=O)c1=O)c1ccccc1.CCC(C)(C)C(Nc1c(Nc2ccc(Cl)c(S(=O)(=O)N(C)C)c2O)c(=O)c1=O)c1ccccc1. The molecule has 20 heteroatoms. The fourth-order valence-electron chi connectivity index (χ4n) is 7.16. The van der Waals surface area contributed by atoms with Crippen LogP contribution in [0.1, 0.15) is 85.0 Å². The number of halogens is 2. The molecule has 6 N–H and O–H groups in total. The molecule has 2 unspecified atom stereocenters. The quantitative estimate of drug-likeness (QED) is 0.0348. The van der Waals surface area contributed by atoms with E-state index in [2.05, 4.69) is 49.0 Å². The summed E-state index contributed by atoms with van der Waals surface area (Å²) >= 11 is 12.1. The molecule has 6 rings (SSSR count). The molecule has 0 radical (unpaired) electrons. The normalized spacial score (nSPS) is 13.1. The van der Waals surface area contributed by atoms with Crippen LogP contribution in [0.3, 0.4) is 0 Å². The van der Waals surface area contributed by atoms with Crippen molar-refractivity contribution in [3.8, 4) is 11.5 Å². The van der Waals surface area contributed by atoms with Crippen LogP contribution in [-0.2, 0) is 20.0 Å². The maximum Gasteiger partial charge on any atom is 0.253 e. The molecule has 0 spiro atoms. The number of aromatic hydroxyl groups is 2. The minimum Gasteiger partial charge on any atom is -0.504 e. The lowest BCUT2D eigenvalue weighted by molar-refractivity contribution is 0.295. The standard InChI is InChI=1S/2C24H28ClN3O5S.CH4/c2*1-6-24(2,3)23(14-10-8-7-9-11-14)27-18-17(20(30)21(18)31)26-16-13-12-15(25)22(19(16)29)34(32,33)28(4)5;/h2*7-13,23,26-27,29H,6H2,1-5H3;1H4. The topological polar surface area (TPSA) is 232 Å². The third-order valence-electron chi connectivity index (χ3n) is 12.2. The van der Waals surface area contributed by atoms with Crippen LogP contribution < -0.4 is 43.0 Å². The molecule has 6 aromatic rings. The highest BCUT2D eigenvalue weighted by atomic mass is 35.5. The second-order valence-electron chi connectivity index (χ2n) is 17.8. The Morgan fingerprint density at radius 3 is 1.09 bits per heavy atom. The third kappa shape index (κ3) is 11.2. The van der Waals surface area contributed by atoms with Crippen LogP contribution in [0.2, 0.25) is 10.0 Å². The Kier molecular flexibility index (Phi) is 17.4. The number of hydrogen-bond donors (Lipinski definition) is 6. The zero-order valence-electron chi connectivity index (χ0n) is 39.3. The Hall–Kier alpha value is -5.76. The molecule has 0 saturated carbocycles. The van der Waals surface area contributed by atoms with Gasteiger partial charge < -0.3 is 31.5 Å². The summed E-state index contributed by atoms with van der Waals surface area (Å²) in [5.41, 5.74) is -1.65. The fourth-order valence-corrected chi connectivity index (χ4v) is 10.1. The number of anilines is 6. The lowest BCUT2D eigenvalue weighted by Gasteiger charge is -2.36. The van der Waals surface area contributed by atoms with E-state index in [4.69, 9.17) is 23.2 Å². The molecule has 0 fully saturated rings. The molecule has 0 aromatic heterocycles. The summed E-state index contributed by atoms with van der Waals surface area (Å²) in [5, 5.41) is 33.0. The van der Waals surface area contributed by atoms with Crippen LogP contribution in [0, 0.1) is 10.8 Å². The number of phenolic OH excluding ortho intramolecular Hbond substituents is 2. The molecule has 0 bridgehead atoms. The van der Waals surface area contributed by atoms with E-state index in [-0.39, 0.29) is 74.5 Å². The average molecular weight is 1030 g/mol. The summed E-state index contributed by atoms with van der Waals surface area (Å²) in [6, 6.07) is 23.9. The first kappa shape index (κ1) is 55.8. The minimum atomic E-state index is -4.07. The highest BCUT2D eigenvalue weighted by molar-refractivity contribution is 7.89. The maximum atomic E-state index is 12.6. The van der Waals surface area contributed by atoms with Crippen LogP contribution >= 0.6 is 23.2 Å². The van der Waals surface area contributed by atoms with Crippen LogP contribution in [0.5, 0.6) is 11.5 Å². The summed E-state index contributed by atoms with van der Waals surface area (Å²) in [4.78, 5) is 48.9. The largest absolute Gasteiger partial charge is 0.504 e. The highest BCUT2D eigenvalue weighted by Gasteiger charge is 2.36. The molecule has 0 heterocycles. The number of phenols is 2. The first-order valence-electron chi connectivity index (χ1n) is 21.4. The van der Waals surface area contributed by atoms with E-state index in [1.54, 1.807) is 0 Å². The third-order valence-corrected chi connectivity index (χ3v) is 16.8. The van der Waals surface area contributed by atoms with Crippen molar-refractivity contribution in [3.63, 3.8) is 0 Å². The average Bonchev–Trinajstić information content (AvgIpc) is 3.29. The second-order valence-corrected chi connectivity index (χ2v) is 22.8. The van der Waals surface area contributed by atoms with Crippen molar-refractivity contribution in [1.29, 1.82) is 0 Å². The molecular formula is C49H60Cl2N6O10S2. The molecule has 0 aliphatic carbocycles. The number of nitrogens with one attached hydrogen (secondary N) is 4. The van der Waals surface area contributed by atoms with Crippen LogP contribution in [0.15, 0.2) is 114 Å². The van der Waals surface area contributed by atoms with Gasteiger partial charge in [-0.1, -0.05) is 133 Å². The van der Waals surface area contributed by atoms with E-state index in [1.807, 2.05) is 74.5 Å². The van der Waals surface area contributed by atoms with Crippen molar-refractivity contribution in [2.45, 2.75) is 83.7 Å². The van der Waals surface area contributed by atoms with Gasteiger partial charge in [-0.15, -0.1) is 0 Å². The van der Waals surface area contributed by atoms with E-state index >= 15 is 0 Å². The smallest absolute Gasteiger partial charge is 0.253 e. The lowest BCUT2D eigenvalue weighted by Crippen LogP contribution is -2.40. The maximum absolute atomic E-state index is 12.6. The summed E-state index contributed by atoms with van der Waals surface area (Å²) in [6.45, 7) is 12.3. The van der Waals surface area contributed by atoms with Gasteiger partial charge in [-0.3, -0.25) is 19.2 Å². The second kappa shape index (κ2) is 21.5. The molecule has 16 nitrogen and oxygen atoms in total. The van der Waals surface area contributed by atoms with Crippen molar-refractivity contribution in [1.82, 2.24) is 8.61 Å². The Bertz CT molecular complexity index is 2970. The predicted octanol–water partition coefficient (Wildman–Crippen LogP) is 9.09. The molecule has 372 valence electrons. The monoisotopic (exact) mass is 1030 g/mol. The van der Waals surface area contributed by atoms with Crippen molar-refractivity contribution >= 4 is 77.4 Å². The number of hydrogen-bond acceptors (Lipinski definition) is 14. The van der Waals surface area contributed by atoms with Gasteiger partial charge in [0, 0.05) is 28.2 Å². The van der Waals surface area contributed by atoms with Crippen LogP contribution in [0.25, 0.3) is 0 Å². The van der Waals surface area contributed by atoms with Crippen molar-refractivity contribution < 1.29 is 27.0 Å². The van der Waals surface area contributed by atoms with Crippen LogP contribution in [0.4, 0.5) is 34.1 Å². The van der Waals surface area contributed by atoms with E-state index in [0.29, 0.717) is 0 Å². The number of sulfonamides is 2. The number of rotatable bonds is 18. The summed E-state index contributed by atoms with van der Waals surface area (Å²) < 4.78 is 52.4. The van der Waals surface area contributed by atoms with Gasteiger partial charge in [0.2, 0.25) is 20.0 Å². The van der Waals surface area contributed by atoms with E-state index in [1.165, 1.54) is 52.5 Å². The minimum absolute atomic E-state index is 0. The molecule has 2 atom stereocenters. The first-order chi connectivity index (χ1) is 31.6. The van der Waals surface area contributed by atoms with Gasteiger partial charge in [0.1, 0.15) is 32.5 Å². The molecule has 69 heavy (non-hydrogen) atoms. The highest BCUT2D eigenvalue weighted by Crippen LogP contribution is 2.44. The molecule has 6 aromatic carbocycles. The molecule has 0 aliphatic heterocycles. The van der Waals surface area contributed by atoms with Gasteiger partial charge in [-0.25, -0.2) is 25.4 Å². The lowest BCUT2D eigenvalue weighted by atomic mass is 9.78. The van der Waals surface area contributed by atoms with Crippen molar-refractivity contribution in [2.24, 2.45) is 10.8 Å². The Morgan fingerprint density at radius 2 is 0.812 bits per heavy atom. The fraction of sp³-hybridized carbons (Fsp3) is 0.347. The molecular weight excluding hydrogens is 968 g/mol. The summed E-state index contributed by atoms with van der Waals surface area (Å²) in [5.74, 6) is -1.29. The summed E-state index contributed by atoms with van der Waals surface area (Å²) in [7, 11) is -2.91. The predicted molar refractivity (Wildman–Crippen MR) is 278 cm³/mol. The van der Waals surface area contributed by atoms with Gasteiger partial charge in [-0.05, 0) is 59.1 Å². The summed E-state index contributed by atoms with van der Waals surface area (Å²) in [6.07, 6.45) is 1.59. The Morgan fingerprint density at radius 1 is 0.522 bits per heavy atom. The van der Waals surface area contributed by atoms with Gasteiger partial charge in [0.15, 0.2) is 11.5 Å². The zero-order valence-corrected chi connectivity index (χ0v) is 42.4. The number of nitrogens with zero attached hydrogens (tertiary/aromatic N) is 2. The molecule has 0 amide bonds. The zero-order chi connectivity index (χ0) is 50.8. The first-order valence-corrected chi connectivity index (χ1v) is 25.0. The van der Waals surface area contributed by atoms with Gasteiger partial charge in [0.05, 0.1) is 33.5 Å². The van der Waals surface area contributed by atoms with E-state index in [0.717, 1.165) is 32.6 Å². The van der Waals surface area contributed by atoms with Gasteiger partial charge >= 0.3 is 0 Å². The van der Waals surface area contributed by atoms with Crippen molar-refractivity contribution in [3.05, 3.63) is 147 Å².